The van der Waals surface area contributed by atoms with Gasteiger partial charge in [-0.3, -0.25) is 0 Å². The molecule has 0 amide bonds. The van der Waals surface area contributed by atoms with Gasteiger partial charge in [0.15, 0.2) is 5.05 Å². The molecule has 1 rings (SSSR count). The van der Waals surface area contributed by atoms with Crippen LogP contribution in [0.1, 0.15) is 11.1 Å². The van der Waals surface area contributed by atoms with E-state index in [0.29, 0.717) is 11.5 Å². The van der Waals surface area contributed by atoms with Gasteiger partial charge < -0.3 is 9.47 Å². The molecule has 3 heteroatoms. The van der Waals surface area contributed by atoms with Crippen molar-refractivity contribution in [1.82, 2.24) is 0 Å². The van der Waals surface area contributed by atoms with Crippen molar-refractivity contribution in [2.45, 2.75) is 13.3 Å². The van der Waals surface area contributed by atoms with Gasteiger partial charge in [0.2, 0.25) is 0 Å². The van der Waals surface area contributed by atoms with Crippen LogP contribution in [0, 0.1) is 6.92 Å². The second-order valence-corrected chi connectivity index (χ2v) is 3.52. The summed E-state index contributed by atoms with van der Waals surface area (Å²) in [6.45, 7) is 2.03. The van der Waals surface area contributed by atoms with E-state index in [2.05, 4.69) is 0 Å². The number of benzene rings is 1. The molecule has 0 aliphatic carbocycles. The first kappa shape index (κ1) is 11.0. The molecule has 76 valence electrons. The molecule has 1 aromatic carbocycles. The number of hydrogen-bond donors (Lipinski definition) is 0. The number of aryl methyl sites for hydroxylation is 1. The van der Waals surface area contributed by atoms with Gasteiger partial charge in [-0.15, -0.1) is 0 Å². The Bertz CT molecular complexity index is 334. The quantitative estimate of drug-likeness (QED) is 0.714. The van der Waals surface area contributed by atoms with Crippen LogP contribution in [0.25, 0.3) is 0 Å². The second-order valence-electron chi connectivity index (χ2n) is 3.07. The van der Waals surface area contributed by atoms with E-state index in [1.165, 1.54) is 5.56 Å². The third kappa shape index (κ3) is 2.70. The van der Waals surface area contributed by atoms with Crippen molar-refractivity contribution in [1.29, 1.82) is 0 Å². The standard InChI is InChI=1S/C11H14O2S/c1-8-4-5-9(7-11(14)13-3)10(6-8)12-2/h4-6H,7H2,1-3H3. The molecule has 0 saturated carbocycles. The van der Waals surface area contributed by atoms with Crippen molar-refractivity contribution >= 4 is 17.3 Å². The van der Waals surface area contributed by atoms with E-state index < -0.39 is 0 Å². The van der Waals surface area contributed by atoms with Crippen LogP contribution in [-0.4, -0.2) is 19.3 Å². The van der Waals surface area contributed by atoms with Crippen molar-refractivity contribution in [3.8, 4) is 5.75 Å². The molecule has 0 aliphatic rings. The van der Waals surface area contributed by atoms with E-state index in [1.54, 1.807) is 14.2 Å². The lowest BCUT2D eigenvalue weighted by atomic mass is 10.1. The fourth-order valence-corrected chi connectivity index (χ4v) is 1.38. The minimum Gasteiger partial charge on any atom is -0.496 e. The molecular weight excluding hydrogens is 196 g/mol. The predicted molar refractivity (Wildman–Crippen MR) is 61.0 cm³/mol. The summed E-state index contributed by atoms with van der Waals surface area (Å²) in [4.78, 5) is 0. The van der Waals surface area contributed by atoms with E-state index in [1.807, 2.05) is 25.1 Å². The van der Waals surface area contributed by atoms with Crippen LogP contribution in [0.4, 0.5) is 0 Å². The summed E-state index contributed by atoms with van der Waals surface area (Å²) in [6.07, 6.45) is 0.620. The molecule has 0 radical (unpaired) electrons. The largest absolute Gasteiger partial charge is 0.496 e. The zero-order valence-corrected chi connectivity index (χ0v) is 9.48. The maximum atomic E-state index is 5.26. The van der Waals surface area contributed by atoms with E-state index in [0.717, 1.165) is 11.3 Å². The van der Waals surface area contributed by atoms with Gasteiger partial charge in [-0.2, -0.15) is 0 Å². The molecule has 0 atom stereocenters. The van der Waals surface area contributed by atoms with Gasteiger partial charge in [-0.25, -0.2) is 0 Å². The summed E-state index contributed by atoms with van der Waals surface area (Å²) < 4.78 is 10.2. The fraction of sp³-hybridized carbons (Fsp3) is 0.364. The Kier molecular flexibility index (Phi) is 3.89. The number of rotatable bonds is 3. The predicted octanol–water partition coefficient (Wildman–Crippen LogP) is 2.52. The summed E-state index contributed by atoms with van der Waals surface area (Å²) in [7, 11) is 3.25. The van der Waals surface area contributed by atoms with Crippen LogP contribution in [0.5, 0.6) is 5.75 Å². The summed E-state index contributed by atoms with van der Waals surface area (Å²) in [5.74, 6) is 0.865. The van der Waals surface area contributed by atoms with Crippen molar-refractivity contribution in [3.63, 3.8) is 0 Å². The molecule has 2 nitrogen and oxygen atoms in total. The number of methoxy groups -OCH3 is 2. The van der Waals surface area contributed by atoms with Gasteiger partial charge >= 0.3 is 0 Å². The van der Waals surface area contributed by atoms with Crippen molar-refractivity contribution in [3.05, 3.63) is 29.3 Å². The number of hydrogen-bond acceptors (Lipinski definition) is 3. The summed E-state index contributed by atoms with van der Waals surface area (Å²) in [5, 5.41) is 0.576. The molecule has 0 aromatic heterocycles. The first-order valence-corrected chi connectivity index (χ1v) is 4.78. The van der Waals surface area contributed by atoms with Gasteiger partial charge in [-0.1, -0.05) is 12.1 Å². The average Bonchev–Trinajstić information content (AvgIpc) is 2.20. The van der Waals surface area contributed by atoms with Gasteiger partial charge in [0.25, 0.3) is 0 Å². The van der Waals surface area contributed by atoms with E-state index in [4.69, 9.17) is 21.7 Å². The lowest BCUT2D eigenvalue weighted by molar-refractivity contribution is 0.397. The lowest BCUT2D eigenvalue weighted by Gasteiger charge is -2.09. The van der Waals surface area contributed by atoms with Crippen LogP contribution in [0.15, 0.2) is 18.2 Å². The molecule has 0 heterocycles. The second kappa shape index (κ2) is 4.96. The van der Waals surface area contributed by atoms with Gasteiger partial charge in [0.1, 0.15) is 5.75 Å². The molecular formula is C11H14O2S. The molecule has 0 aliphatic heterocycles. The Morgan fingerprint density at radius 3 is 2.64 bits per heavy atom. The highest BCUT2D eigenvalue weighted by atomic mass is 32.1. The molecule has 1 aromatic rings. The Hall–Kier alpha value is -1.09. The summed E-state index contributed by atoms with van der Waals surface area (Å²) in [5.41, 5.74) is 2.24. The summed E-state index contributed by atoms with van der Waals surface area (Å²) >= 11 is 5.00. The van der Waals surface area contributed by atoms with E-state index in [-0.39, 0.29) is 0 Å². The van der Waals surface area contributed by atoms with Crippen LogP contribution in [0.3, 0.4) is 0 Å². The third-order valence-electron chi connectivity index (χ3n) is 2.01. The number of thiocarbonyl (C=S) groups is 1. The molecule has 0 N–H and O–H groups in total. The highest BCUT2D eigenvalue weighted by Crippen LogP contribution is 2.20. The van der Waals surface area contributed by atoms with Crippen LogP contribution in [-0.2, 0) is 11.2 Å². The minimum atomic E-state index is 0.576. The Balaban J connectivity index is 2.90. The van der Waals surface area contributed by atoms with Crippen LogP contribution >= 0.6 is 12.2 Å². The normalized spacial score (nSPS) is 9.64. The smallest absolute Gasteiger partial charge is 0.163 e. The monoisotopic (exact) mass is 210 g/mol. The lowest BCUT2D eigenvalue weighted by Crippen LogP contribution is -2.03. The van der Waals surface area contributed by atoms with Crippen LogP contribution < -0.4 is 4.74 Å². The molecule has 0 saturated heterocycles. The van der Waals surface area contributed by atoms with Crippen molar-refractivity contribution < 1.29 is 9.47 Å². The maximum absolute atomic E-state index is 5.26. The van der Waals surface area contributed by atoms with Gasteiger partial charge in [-0.05, 0) is 30.8 Å². The van der Waals surface area contributed by atoms with E-state index in [9.17, 15) is 0 Å². The zero-order chi connectivity index (χ0) is 10.6. The molecule has 0 bridgehead atoms. The highest BCUT2D eigenvalue weighted by Gasteiger charge is 2.05. The zero-order valence-electron chi connectivity index (χ0n) is 8.66. The topological polar surface area (TPSA) is 18.5 Å². The molecule has 0 spiro atoms. The Labute approximate surface area is 89.8 Å². The SMILES string of the molecule is COC(=S)Cc1ccc(C)cc1OC. The van der Waals surface area contributed by atoms with E-state index >= 15 is 0 Å². The first-order chi connectivity index (χ1) is 6.67. The molecule has 0 fully saturated rings. The van der Waals surface area contributed by atoms with Gasteiger partial charge in [0, 0.05) is 12.0 Å². The maximum Gasteiger partial charge on any atom is 0.163 e. The molecule has 0 unspecified atom stereocenters. The Morgan fingerprint density at radius 1 is 1.36 bits per heavy atom. The van der Waals surface area contributed by atoms with Crippen LogP contribution in [0.2, 0.25) is 0 Å². The first-order valence-electron chi connectivity index (χ1n) is 4.37. The van der Waals surface area contributed by atoms with Crippen molar-refractivity contribution in [2.24, 2.45) is 0 Å². The highest BCUT2D eigenvalue weighted by molar-refractivity contribution is 7.80. The third-order valence-corrected chi connectivity index (χ3v) is 2.32. The average molecular weight is 210 g/mol. The summed E-state index contributed by atoms with van der Waals surface area (Å²) in [6, 6.07) is 6.04. The number of ether oxygens (including phenoxy) is 2. The Morgan fingerprint density at radius 2 is 2.07 bits per heavy atom. The fourth-order valence-electron chi connectivity index (χ4n) is 1.23. The van der Waals surface area contributed by atoms with Gasteiger partial charge in [0.05, 0.1) is 14.2 Å². The minimum absolute atomic E-state index is 0.576. The van der Waals surface area contributed by atoms with Crippen molar-refractivity contribution in [2.75, 3.05) is 14.2 Å². The molecule has 14 heavy (non-hydrogen) atoms.